The summed E-state index contributed by atoms with van der Waals surface area (Å²) in [4.78, 5) is 6.75. The lowest BCUT2D eigenvalue weighted by molar-refractivity contribution is 0.560. The van der Waals surface area contributed by atoms with Crippen LogP contribution < -0.4 is 10.6 Å². The van der Waals surface area contributed by atoms with Gasteiger partial charge in [-0.05, 0) is 30.7 Å². The third-order valence-corrected chi connectivity index (χ3v) is 3.48. The molecule has 0 fully saturated rings. The van der Waals surface area contributed by atoms with Crippen LogP contribution >= 0.6 is 0 Å². The summed E-state index contributed by atoms with van der Waals surface area (Å²) < 4.78 is 2.22. The molecule has 1 aromatic heterocycles. The molecule has 4 heteroatoms. The lowest BCUT2D eigenvalue weighted by Gasteiger charge is -2.29. The van der Waals surface area contributed by atoms with E-state index in [1.54, 1.807) is 0 Å². The Morgan fingerprint density at radius 2 is 2.00 bits per heavy atom. The number of nitrogens with zero attached hydrogens (tertiary/aromatic N) is 3. The number of fused-ring (bicyclic) bond motifs is 1. The Hall–Kier alpha value is -1.81. The fourth-order valence-electron chi connectivity index (χ4n) is 2.43. The van der Waals surface area contributed by atoms with Gasteiger partial charge >= 0.3 is 0 Å². The largest absolute Gasteiger partial charge is 0.362 e. The Morgan fingerprint density at radius 3 is 2.78 bits per heavy atom. The van der Waals surface area contributed by atoms with Gasteiger partial charge in [0.25, 0.3) is 0 Å². The Kier molecular flexibility index (Phi) is 3.02. The van der Waals surface area contributed by atoms with Crippen molar-refractivity contribution in [3.8, 4) is 0 Å². The first-order valence-corrected chi connectivity index (χ1v) is 6.41. The second kappa shape index (κ2) is 4.82. The topological polar surface area (TPSA) is 47.1 Å². The van der Waals surface area contributed by atoms with Crippen molar-refractivity contribution in [2.45, 2.75) is 19.5 Å². The number of rotatable bonds is 3. The van der Waals surface area contributed by atoms with Crippen molar-refractivity contribution in [2.24, 2.45) is 5.73 Å². The van der Waals surface area contributed by atoms with Gasteiger partial charge in [-0.3, -0.25) is 0 Å². The zero-order chi connectivity index (χ0) is 12.4. The summed E-state index contributed by atoms with van der Waals surface area (Å²) in [6.45, 7) is 3.66. The van der Waals surface area contributed by atoms with Crippen LogP contribution in [-0.2, 0) is 19.5 Å². The van der Waals surface area contributed by atoms with Gasteiger partial charge in [-0.25, -0.2) is 4.98 Å². The van der Waals surface area contributed by atoms with E-state index in [9.17, 15) is 0 Å². The van der Waals surface area contributed by atoms with Gasteiger partial charge in [0.05, 0.1) is 6.54 Å². The monoisotopic (exact) mass is 242 g/mol. The number of anilines is 1. The molecule has 1 aliphatic heterocycles. The van der Waals surface area contributed by atoms with Gasteiger partial charge in [-0.2, -0.15) is 0 Å². The lowest BCUT2D eigenvalue weighted by Crippen LogP contribution is -2.33. The highest BCUT2D eigenvalue weighted by atomic mass is 15.2. The van der Waals surface area contributed by atoms with Gasteiger partial charge in [-0.15, -0.1) is 0 Å². The SMILES string of the molecule is NCCc1ccc(N2CCn3ccnc3C2)cc1. The fraction of sp³-hybridized carbons (Fsp3) is 0.357. The van der Waals surface area contributed by atoms with Crippen LogP contribution in [-0.4, -0.2) is 22.6 Å². The molecule has 1 aromatic carbocycles. The summed E-state index contributed by atoms with van der Waals surface area (Å²) in [7, 11) is 0. The van der Waals surface area contributed by atoms with Crippen LogP contribution in [0.4, 0.5) is 5.69 Å². The zero-order valence-corrected chi connectivity index (χ0v) is 10.4. The van der Waals surface area contributed by atoms with Crippen LogP contribution in [0.25, 0.3) is 0 Å². The molecule has 4 nitrogen and oxygen atoms in total. The Balaban J connectivity index is 1.76. The van der Waals surface area contributed by atoms with Crippen molar-refractivity contribution < 1.29 is 0 Å². The van der Waals surface area contributed by atoms with Crippen molar-refractivity contribution in [1.29, 1.82) is 0 Å². The smallest absolute Gasteiger partial charge is 0.128 e. The Bertz CT molecular complexity index is 515. The van der Waals surface area contributed by atoms with Gasteiger partial charge < -0.3 is 15.2 Å². The molecule has 0 unspecified atom stereocenters. The van der Waals surface area contributed by atoms with Crippen molar-refractivity contribution in [3.63, 3.8) is 0 Å². The highest BCUT2D eigenvalue weighted by Gasteiger charge is 2.16. The van der Waals surface area contributed by atoms with Crippen LogP contribution in [0.1, 0.15) is 11.4 Å². The van der Waals surface area contributed by atoms with Crippen LogP contribution in [0.3, 0.4) is 0 Å². The molecule has 0 amide bonds. The Labute approximate surface area is 107 Å². The Morgan fingerprint density at radius 1 is 1.17 bits per heavy atom. The summed E-state index contributed by atoms with van der Waals surface area (Å²) >= 11 is 0. The number of benzene rings is 1. The first kappa shape index (κ1) is 11.3. The van der Waals surface area contributed by atoms with E-state index in [0.717, 1.165) is 31.9 Å². The van der Waals surface area contributed by atoms with E-state index in [4.69, 9.17) is 5.73 Å². The molecule has 0 spiro atoms. The third kappa shape index (κ3) is 2.11. The minimum absolute atomic E-state index is 0.709. The molecule has 1 aliphatic rings. The number of imidazole rings is 1. The van der Waals surface area contributed by atoms with E-state index in [1.165, 1.54) is 11.3 Å². The summed E-state index contributed by atoms with van der Waals surface area (Å²) in [5.41, 5.74) is 8.14. The van der Waals surface area contributed by atoms with Gasteiger partial charge in [0.1, 0.15) is 5.82 Å². The molecule has 2 N–H and O–H groups in total. The van der Waals surface area contributed by atoms with E-state index in [1.807, 2.05) is 6.20 Å². The van der Waals surface area contributed by atoms with Crippen molar-refractivity contribution in [3.05, 3.63) is 48.0 Å². The second-order valence-electron chi connectivity index (χ2n) is 4.66. The molecule has 0 saturated heterocycles. The molecule has 18 heavy (non-hydrogen) atoms. The molecule has 0 radical (unpaired) electrons. The van der Waals surface area contributed by atoms with Crippen molar-refractivity contribution in [1.82, 2.24) is 9.55 Å². The van der Waals surface area contributed by atoms with Crippen molar-refractivity contribution in [2.75, 3.05) is 18.0 Å². The van der Waals surface area contributed by atoms with Crippen molar-refractivity contribution >= 4 is 5.69 Å². The maximum atomic E-state index is 5.56. The van der Waals surface area contributed by atoms with Crippen LogP contribution in [0.5, 0.6) is 0 Å². The molecule has 0 saturated carbocycles. The van der Waals surface area contributed by atoms with Crippen LogP contribution in [0.15, 0.2) is 36.7 Å². The molecule has 2 aromatic rings. The van der Waals surface area contributed by atoms with Gasteiger partial charge in [0.15, 0.2) is 0 Å². The average molecular weight is 242 g/mol. The molecule has 0 aliphatic carbocycles. The summed E-state index contributed by atoms with van der Waals surface area (Å²) in [6, 6.07) is 8.71. The van der Waals surface area contributed by atoms with E-state index in [2.05, 4.69) is 44.9 Å². The van der Waals surface area contributed by atoms with Gasteiger partial charge in [0.2, 0.25) is 0 Å². The first-order chi connectivity index (χ1) is 8.86. The number of aromatic nitrogens is 2. The molecule has 94 valence electrons. The first-order valence-electron chi connectivity index (χ1n) is 6.41. The fourth-order valence-corrected chi connectivity index (χ4v) is 2.43. The molecule has 3 rings (SSSR count). The number of nitrogens with two attached hydrogens (primary N) is 1. The maximum absolute atomic E-state index is 5.56. The predicted molar refractivity (Wildman–Crippen MR) is 72.5 cm³/mol. The quantitative estimate of drug-likeness (QED) is 0.885. The molecular formula is C14H18N4. The van der Waals surface area contributed by atoms with Gasteiger partial charge in [-0.1, -0.05) is 12.1 Å². The summed E-state index contributed by atoms with van der Waals surface area (Å²) in [5, 5.41) is 0. The average Bonchev–Trinajstić information content (AvgIpc) is 2.87. The molecule has 2 heterocycles. The number of hydrogen-bond donors (Lipinski definition) is 1. The number of hydrogen-bond acceptors (Lipinski definition) is 3. The highest BCUT2D eigenvalue weighted by Crippen LogP contribution is 2.20. The minimum Gasteiger partial charge on any atom is -0.362 e. The maximum Gasteiger partial charge on any atom is 0.128 e. The third-order valence-electron chi connectivity index (χ3n) is 3.48. The molecular weight excluding hydrogens is 224 g/mol. The highest BCUT2D eigenvalue weighted by molar-refractivity contribution is 5.48. The minimum atomic E-state index is 0.709. The van der Waals surface area contributed by atoms with Crippen LogP contribution in [0.2, 0.25) is 0 Å². The normalized spacial score (nSPS) is 14.6. The molecule has 0 bridgehead atoms. The van der Waals surface area contributed by atoms with E-state index in [0.29, 0.717) is 6.54 Å². The zero-order valence-electron chi connectivity index (χ0n) is 10.4. The van der Waals surface area contributed by atoms with E-state index < -0.39 is 0 Å². The molecule has 0 atom stereocenters. The lowest BCUT2D eigenvalue weighted by atomic mass is 10.1. The summed E-state index contributed by atoms with van der Waals surface area (Å²) in [6.07, 6.45) is 4.88. The predicted octanol–water partition coefficient (Wildman–Crippen LogP) is 1.40. The van der Waals surface area contributed by atoms with Crippen LogP contribution in [0, 0.1) is 0 Å². The second-order valence-corrected chi connectivity index (χ2v) is 4.66. The standard InChI is InChI=1S/C14H18N4/c15-6-5-12-1-3-13(4-2-12)18-10-9-17-8-7-16-14(17)11-18/h1-4,7-8H,5-6,9-11,15H2. The van der Waals surface area contributed by atoms with E-state index >= 15 is 0 Å². The van der Waals surface area contributed by atoms with E-state index in [-0.39, 0.29) is 0 Å². The summed E-state index contributed by atoms with van der Waals surface area (Å²) in [5.74, 6) is 1.15. The van der Waals surface area contributed by atoms with Gasteiger partial charge in [0, 0.05) is 31.2 Å².